The summed E-state index contributed by atoms with van der Waals surface area (Å²) in [5.41, 5.74) is -0.511. The Hall–Kier alpha value is -2.35. The lowest BCUT2D eigenvalue weighted by Gasteiger charge is -2.16. The zero-order chi connectivity index (χ0) is 17.6. The standard InChI is InChI=1S/C16H17F3N4S/c1-3-9-23(10-4-2)15-21-14(22-24-15)20-11-12-7-5-6-8-13(12)16(17,18)19/h3-8H,1-2,9-11H2,(H,20,22). The number of benzene rings is 1. The van der Waals surface area contributed by atoms with Gasteiger partial charge < -0.3 is 10.2 Å². The van der Waals surface area contributed by atoms with E-state index in [1.54, 1.807) is 18.2 Å². The first-order valence-corrected chi connectivity index (χ1v) is 7.92. The molecule has 1 N–H and O–H groups in total. The maximum absolute atomic E-state index is 13.0. The number of hydrogen-bond donors (Lipinski definition) is 1. The summed E-state index contributed by atoms with van der Waals surface area (Å²) in [4.78, 5) is 6.21. The maximum atomic E-state index is 13.0. The van der Waals surface area contributed by atoms with Gasteiger partial charge in [0, 0.05) is 31.2 Å². The van der Waals surface area contributed by atoms with Crippen LogP contribution in [0.3, 0.4) is 0 Å². The van der Waals surface area contributed by atoms with Crippen LogP contribution in [0.25, 0.3) is 0 Å². The molecule has 24 heavy (non-hydrogen) atoms. The van der Waals surface area contributed by atoms with Gasteiger partial charge in [0.25, 0.3) is 0 Å². The second-order valence-electron chi connectivity index (χ2n) is 4.89. The molecule has 1 aromatic heterocycles. The topological polar surface area (TPSA) is 41.1 Å². The third-order valence-electron chi connectivity index (χ3n) is 3.14. The Bertz CT molecular complexity index is 687. The summed E-state index contributed by atoms with van der Waals surface area (Å²) in [6, 6.07) is 5.44. The quantitative estimate of drug-likeness (QED) is 0.716. The lowest BCUT2D eigenvalue weighted by atomic mass is 10.1. The second-order valence-corrected chi connectivity index (χ2v) is 5.62. The number of rotatable bonds is 8. The highest BCUT2D eigenvalue weighted by atomic mass is 32.1. The molecular weight excluding hydrogens is 337 g/mol. The van der Waals surface area contributed by atoms with Crippen molar-refractivity contribution in [3.8, 4) is 0 Å². The molecule has 0 unspecified atom stereocenters. The molecule has 0 aliphatic carbocycles. The van der Waals surface area contributed by atoms with E-state index in [0.717, 1.165) is 6.07 Å². The van der Waals surface area contributed by atoms with Gasteiger partial charge in [-0.2, -0.15) is 22.5 Å². The average molecular weight is 354 g/mol. The summed E-state index contributed by atoms with van der Waals surface area (Å²) in [5, 5.41) is 3.50. The van der Waals surface area contributed by atoms with Crippen molar-refractivity contribution < 1.29 is 13.2 Å². The average Bonchev–Trinajstić information content (AvgIpc) is 3.01. The molecule has 0 amide bonds. The van der Waals surface area contributed by atoms with E-state index in [0.29, 0.717) is 24.2 Å². The predicted molar refractivity (Wildman–Crippen MR) is 91.3 cm³/mol. The molecule has 2 aromatic rings. The van der Waals surface area contributed by atoms with Crippen molar-refractivity contribution in [3.63, 3.8) is 0 Å². The van der Waals surface area contributed by atoms with E-state index in [9.17, 15) is 13.2 Å². The highest BCUT2D eigenvalue weighted by Crippen LogP contribution is 2.32. The molecule has 0 aliphatic rings. The third-order valence-corrected chi connectivity index (χ3v) is 3.92. The van der Waals surface area contributed by atoms with Gasteiger partial charge in [0.1, 0.15) is 0 Å². The predicted octanol–water partition coefficient (Wildman–Crippen LogP) is 4.35. The fourth-order valence-corrected chi connectivity index (χ4v) is 2.75. The zero-order valence-corrected chi connectivity index (χ0v) is 13.7. The molecule has 0 bridgehead atoms. The molecule has 0 atom stereocenters. The molecule has 0 saturated carbocycles. The molecular formula is C16H17F3N4S. The van der Waals surface area contributed by atoms with Crippen LogP contribution >= 0.6 is 11.5 Å². The number of nitrogens with one attached hydrogen (secondary N) is 1. The van der Waals surface area contributed by atoms with E-state index in [1.807, 2.05) is 4.90 Å². The van der Waals surface area contributed by atoms with Crippen LogP contribution in [0.5, 0.6) is 0 Å². The minimum absolute atomic E-state index is 0.00519. The first-order valence-electron chi connectivity index (χ1n) is 7.15. The van der Waals surface area contributed by atoms with Gasteiger partial charge in [-0.15, -0.1) is 13.2 Å². The SMILES string of the molecule is C=CCN(CC=C)c1nc(NCc2ccccc2C(F)(F)F)ns1. The van der Waals surface area contributed by atoms with Crippen LogP contribution in [0.15, 0.2) is 49.6 Å². The van der Waals surface area contributed by atoms with Crippen LogP contribution < -0.4 is 10.2 Å². The van der Waals surface area contributed by atoms with Crippen LogP contribution in [-0.4, -0.2) is 22.4 Å². The number of alkyl halides is 3. The molecule has 0 spiro atoms. The fourth-order valence-electron chi connectivity index (χ4n) is 2.08. The van der Waals surface area contributed by atoms with E-state index >= 15 is 0 Å². The van der Waals surface area contributed by atoms with Crippen molar-refractivity contribution in [2.75, 3.05) is 23.3 Å². The first kappa shape index (κ1) is 18.0. The van der Waals surface area contributed by atoms with Gasteiger partial charge in [-0.05, 0) is 11.6 Å². The fraction of sp³-hybridized carbons (Fsp3) is 0.250. The Morgan fingerprint density at radius 3 is 2.46 bits per heavy atom. The van der Waals surface area contributed by atoms with Crippen molar-refractivity contribution >= 4 is 22.6 Å². The molecule has 0 saturated heterocycles. The van der Waals surface area contributed by atoms with Gasteiger partial charge >= 0.3 is 6.18 Å². The van der Waals surface area contributed by atoms with Gasteiger partial charge in [-0.1, -0.05) is 30.4 Å². The monoisotopic (exact) mass is 354 g/mol. The van der Waals surface area contributed by atoms with Gasteiger partial charge in [0.2, 0.25) is 11.1 Å². The maximum Gasteiger partial charge on any atom is 0.416 e. The molecule has 1 aromatic carbocycles. The highest BCUT2D eigenvalue weighted by Gasteiger charge is 2.32. The van der Waals surface area contributed by atoms with Gasteiger partial charge in [-0.25, -0.2) is 0 Å². The van der Waals surface area contributed by atoms with E-state index in [-0.39, 0.29) is 12.1 Å². The summed E-state index contributed by atoms with van der Waals surface area (Å²) < 4.78 is 43.1. The highest BCUT2D eigenvalue weighted by molar-refractivity contribution is 7.09. The molecule has 4 nitrogen and oxygen atoms in total. The smallest absolute Gasteiger partial charge is 0.349 e. The Morgan fingerprint density at radius 1 is 1.17 bits per heavy atom. The van der Waals surface area contributed by atoms with E-state index in [4.69, 9.17) is 0 Å². The molecule has 0 radical (unpaired) electrons. The second kappa shape index (κ2) is 7.96. The zero-order valence-electron chi connectivity index (χ0n) is 12.9. The van der Waals surface area contributed by atoms with Crippen LogP contribution in [0.1, 0.15) is 11.1 Å². The summed E-state index contributed by atoms with van der Waals surface area (Å²) >= 11 is 1.17. The van der Waals surface area contributed by atoms with Crippen molar-refractivity contribution in [1.82, 2.24) is 9.36 Å². The lowest BCUT2D eigenvalue weighted by Crippen LogP contribution is -2.22. The summed E-state index contributed by atoms with van der Waals surface area (Å²) in [7, 11) is 0. The normalized spacial score (nSPS) is 11.1. The lowest BCUT2D eigenvalue weighted by molar-refractivity contribution is -0.138. The molecule has 128 valence electrons. The number of nitrogens with zero attached hydrogens (tertiary/aromatic N) is 3. The number of aromatic nitrogens is 2. The number of hydrogen-bond acceptors (Lipinski definition) is 5. The molecule has 0 aliphatic heterocycles. The molecule has 1 heterocycles. The Balaban J connectivity index is 2.09. The summed E-state index contributed by atoms with van der Waals surface area (Å²) in [5.74, 6) is 0.296. The van der Waals surface area contributed by atoms with Crippen molar-refractivity contribution in [2.45, 2.75) is 12.7 Å². The molecule has 8 heteroatoms. The van der Waals surface area contributed by atoms with Gasteiger partial charge in [-0.3, -0.25) is 0 Å². The number of halogens is 3. The van der Waals surface area contributed by atoms with E-state index < -0.39 is 11.7 Å². The van der Waals surface area contributed by atoms with Crippen molar-refractivity contribution in [2.24, 2.45) is 0 Å². The summed E-state index contributed by atoms with van der Waals surface area (Å²) in [6.07, 6.45) is -0.918. The Labute approximate surface area is 142 Å². The third kappa shape index (κ3) is 4.58. The molecule has 0 fully saturated rings. The van der Waals surface area contributed by atoms with E-state index in [2.05, 4.69) is 27.8 Å². The Kier molecular flexibility index (Phi) is 5.97. The largest absolute Gasteiger partial charge is 0.416 e. The summed E-state index contributed by atoms with van der Waals surface area (Å²) in [6.45, 7) is 8.52. The van der Waals surface area contributed by atoms with Crippen molar-refractivity contribution in [1.29, 1.82) is 0 Å². The number of anilines is 2. The van der Waals surface area contributed by atoms with E-state index in [1.165, 1.54) is 23.7 Å². The van der Waals surface area contributed by atoms with Crippen LogP contribution in [0.2, 0.25) is 0 Å². The Morgan fingerprint density at radius 2 is 1.83 bits per heavy atom. The van der Waals surface area contributed by atoms with Crippen LogP contribution in [-0.2, 0) is 12.7 Å². The van der Waals surface area contributed by atoms with Crippen LogP contribution in [0.4, 0.5) is 24.3 Å². The van der Waals surface area contributed by atoms with Crippen molar-refractivity contribution in [3.05, 3.63) is 60.7 Å². The van der Waals surface area contributed by atoms with Crippen LogP contribution in [0, 0.1) is 0 Å². The minimum Gasteiger partial charge on any atom is -0.349 e. The first-order chi connectivity index (χ1) is 11.5. The molecule has 2 rings (SSSR count). The minimum atomic E-state index is -4.39. The van der Waals surface area contributed by atoms with Gasteiger partial charge in [0.15, 0.2) is 0 Å². The van der Waals surface area contributed by atoms with Gasteiger partial charge in [0.05, 0.1) is 5.56 Å².